The fourth-order valence-corrected chi connectivity index (χ4v) is 2.17. The number of nitrogens with zero attached hydrogens (tertiary/aromatic N) is 4. The van der Waals surface area contributed by atoms with E-state index in [1.807, 2.05) is 0 Å². The standard InChI is InChI=1S/C11H18N6O2/c12-3-6-17-7-9(14-15-17)11(19)16-4-1-8(2-5-16)10(13)18/h7-8H,1-6,12H2,(H2,13,18). The molecule has 19 heavy (non-hydrogen) atoms. The molecule has 1 aromatic rings. The van der Waals surface area contributed by atoms with E-state index in [0.29, 0.717) is 44.7 Å². The summed E-state index contributed by atoms with van der Waals surface area (Å²) < 4.78 is 1.55. The molecule has 8 nitrogen and oxygen atoms in total. The Balaban J connectivity index is 1.95. The van der Waals surface area contributed by atoms with Gasteiger partial charge in [-0.3, -0.25) is 14.3 Å². The van der Waals surface area contributed by atoms with Crippen molar-refractivity contribution < 1.29 is 9.59 Å². The summed E-state index contributed by atoms with van der Waals surface area (Å²) in [4.78, 5) is 24.9. The predicted molar refractivity (Wildman–Crippen MR) is 66.9 cm³/mol. The largest absolute Gasteiger partial charge is 0.369 e. The molecule has 2 rings (SSSR count). The normalized spacial score (nSPS) is 16.6. The Morgan fingerprint density at radius 1 is 1.37 bits per heavy atom. The van der Waals surface area contributed by atoms with Crippen LogP contribution < -0.4 is 11.5 Å². The quantitative estimate of drug-likeness (QED) is 0.692. The summed E-state index contributed by atoms with van der Waals surface area (Å²) in [6, 6.07) is 0. The fraction of sp³-hybridized carbons (Fsp3) is 0.636. The second-order valence-corrected chi connectivity index (χ2v) is 4.62. The number of amides is 2. The van der Waals surface area contributed by atoms with Gasteiger partial charge in [-0.25, -0.2) is 0 Å². The van der Waals surface area contributed by atoms with E-state index < -0.39 is 0 Å². The van der Waals surface area contributed by atoms with Crippen LogP contribution in [0.15, 0.2) is 6.20 Å². The van der Waals surface area contributed by atoms with Gasteiger partial charge in [0.2, 0.25) is 5.91 Å². The van der Waals surface area contributed by atoms with Crippen molar-refractivity contribution in [3.63, 3.8) is 0 Å². The number of hydrogen-bond acceptors (Lipinski definition) is 5. The minimum Gasteiger partial charge on any atom is -0.369 e. The molecule has 8 heteroatoms. The topological polar surface area (TPSA) is 120 Å². The molecule has 0 unspecified atom stereocenters. The minimum absolute atomic E-state index is 0.128. The number of aromatic nitrogens is 3. The summed E-state index contributed by atoms with van der Waals surface area (Å²) in [5.74, 6) is -0.579. The van der Waals surface area contributed by atoms with Crippen molar-refractivity contribution in [1.29, 1.82) is 0 Å². The maximum Gasteiger partial charge on any atom is 0.276 e. The van der Waals surface area contributed by atoms with Gasteiger partial charge >= 0.3 is 0 Å². The Kier molecular flexibility index (Phi) is 4.10. The van der Waals surface area contributed by atoms with Gasteiger partial charge in [-0.1, -0.05) is 5.21 Å². The monoisotopic (exact) mass is 266 g/mol. The van der Waals surface area contributed by atoms with Crippen LogP contribution in [0.5, 0.6) is 0 Å². The Labute approximate surface area is 110 Å². The zero-order chi connectivity index (χ0) is 13.8. The first-order valence-corrected chi connectivity index (χ1v) is 6.30. The highest BCUT2D eigenvalue weighted by Crippen LogP contribution is 2.17. The van der Waals surface area contributed by atoms with Gasteiger partial charge in [-0.2, -0.15) is 0 Å². The van der Waals surface area contributed by atoms with Gasteiger partial charge in [0.15, 0.2) is 5.69 Å². The summed E-state index contributed by atoms with van der Waals surface area (Å²) in [6.07, 6.45) is 2.81. The molecular weight excluding hydrogens is 248 g/mol. The Morgan fingerprint density at radius 3 is 2.63 bits per heavy atom. The Hall–Kier alpha value is -1.96. The Morgan fingerprint density at radius 2 is 2.05 bits per heavy atom. The molecule has 1 fully saturated rings. The van der Waals surface area contributed by atoms with E-state index in [9.17, 15) is 9.59 Å². The van der Waals surface area contributed by atoms with Gasteiger partial charge in [0, 0.05) is 25.6 Å². The third kappa shape index (κ3) is 3.08. The van der Waals surface area contributed by atoms with Gasteiger partial charge in [-0.05, 0) is 12.8 Å². The highest BCUT2D eigenvalue weighted by Gasteiger charge is 2.27. The first-order valence-electron chi connectivity index (χ1n) is 6.30. The summed E-state index contributed by atoms with van der Waals surface area (Å²) >= 11 is 0. The van der Waals surface area contributed by atoms with E-state index in [2.05, 4.69) is 10.3 Å². The van der Waals surface area contributed by atoms with E-state index >= 15 is 0 Å². The smallest absolute Gasteiger partial charge is 0.276 e. The van der Waals surface area contributed by atoms with Crippen LogP contribution in [0.4, 0.5) is 0 Å². The fourth-order valence-electron chi connectivity index (χ4n) is 2.17. The molecule has 0 aromatic carbocycles. The highest BCUT2D eigenvalue weighted by molar-refractivity contribution is 5.92. The van der Waals surface area contributed by atoms with Crippen LogP contribution in [-0.2, 0) is 11.3 Å². The Bertz CT molecular complexity index is 464. The third-order valence-electron chi connectivity index (χ3n) is 3.30. The molecule has 0 saturated carbocycles. The van der Waals surface area contributed by atoms with E-state index in [-0.39, 0.29) is 17.7 Å². The zero-order valence-corrected chi connectivity index (χ0v) is 10.7. The SMILES string of the molecule is NCCn1cc(C(=O)N2CCC(C(N)=O)CC2)nn1. The minimum atomic E-state index is -0.291. The van der Waals surface area contributed by atoms with E-state index in [0.717, 1.165) is 0 Å². The van der Waals surface area contributed by atoms with Crippen molar-refractivity contribution >= 4 is 11.8 Å². The zero-order valence-electron chi connectivity index (χ0n) is 10.7. The van der Waals surface area contributed by atoms with E-state index in [1.54, 1.807) is 15.8 Å². The molecule has 4 N–H and O–H groups in total. The van der Waals surface area contributed by atoms with Crippen molar-refractivity contribution in [2.75, 3.05) is 19.6 Å². The second-order valence-electron chi connectivity index (χ2n) is 4.62. The summed E-state index contributed by atoms with van der Waals surface area (Å²) in [6.45, 7) is 2.03. The number of likely N-dealkylation sites (tertiary alicyclic amines) is 1. The number of carbonyl (C=O) groups is 2. The summed E-state index contributed by atoms with van der Waals surface area (Å²) in [7, 11) is 0. The molecule has 2 amide bonds. The molecule has 1 aromatic heterocycles. The first kappa shape index (κ1) is 13.5. The van der Waals surface area contributed by atoms with Gasteiger partial charge in [0.25, 0.3) is 5.91 Å². The highest BCUT2D eigenvalue weighted by atomic mass is 16.2. The summed E-state index contributed by atoms with van der Waals surface area (Å²) in [5, 5.41) is 7.67. The molecule has 1 aliphatic rings. The van der Waals surface area contributed by atoms with Gasteiger partial charge in [0.05, 0.1) is 12.7 Å². The molecule has 1 saturated heterocycles. The molecule has 0 aliphatic carbocycles. The van der Waals surface area contributed by atoms with Crippen LogP contribution in [0.25, 0.3) is 0 Å². The number of nitrogens with two attached hydrogens (primary N) is 2. The number of rotatable bonds is 4. The number of primary amides is 1. The molecule has 0 atom stereocenters. The van der Waals surface area contributed by atoms with Gasteiger partial charge in [0.1, 0.15) is 0 Å². The van der Waals surface area contributed by atoms with E-state index in [1.165, 1.54) is 0 Å². The maximum atomic E-state index is 12.2. The maximum absolute atomic E-state index is 12.2. The molecule has 104 valence electrons. The average Bonchev–Trinajstić information content (AvgIpc) is 2.87. The number of piperidine rings is 1. The molecular formula is C11H18N6O2. The van der Waals surface area contributed by atoms with Crippen LogP contribution >= 0.6 is 0 Å². The van der Waals surface area contributed by atoms with Crippen molar-refractivity contribution in [2.24, 2.45) is 17.4 Å². The van der Waals surface area contributed by atoms with Crippen molar-refractivity contribution in [3.05, 3.63) is 11.9 Å². The lowest BCUT2D eigenvalue weighted by Gasteiger charge is -2.29. The molecule has 0 spiro atoms. The number of hydrogen-bond donors (Lipinski definition) is 2. The molecule has 0 bridgehead atoms. The number of carbonyl (C=O) groups excluding carboxylic acids is 2. The van der Waals surface area contributed by atoms with Crippen LogP contribution in [0.3, 0.4) is 0 Å². The van der Waals surface area contributed by atoms with Crippen molar-refractivity contribution in [1.82, 2.24) is 19.9 Å². The molecule has 0 radical (unpaired) electrons. The van der Waals surface area contributed by atoms with Crippen molar-refractivity contribution in [2.45, 2.75) is 19.4 Å². The van der Waals surface area contributed by atoms with E-state index in [4.69, 9.17) is 11.5 Å². The average molecular weight is 266 g/mol. The first-order chi connectivity index (χ1) is 9.11. The third-order valence-corrected chi connectivity index (χ3v) is 3.30. The van der Waals surface area contributed by atoms with Crippen molar-refractivity contribution in [3.8, 4) is 0 Å². The molecule has 1 aliphatic heterocycles. The lowest BCUT2D eigenvalue weighted by Crippen LogP contribution is -2.41. The second kappa shape index (κ2) is 5.79. The predicted octanol–water partition coefficient (Wildman–Crippen LogP) is -1.43. The van der Waals surface area contributed by atoms with Crippen LogP contribution in [0, 0.1) is 5.92 Å². The van der Waals surface area contributed by atoms with Gasteiger partial charge < -0.3 is 16.4 Å². The van der Waals surface area contributed by atoms with Crippen LogP contribution in [0.1, 0.15) is 23.3 Å². The van der Waals surface area contributed by atoms with Gasteiger partial charge in [-0.15, -0.1) is 5.10 Å². The lowest BCUT2D eigenvalue weighted by molar-refractivity contribution is -0.123. The van der Waals surface area contributed by atoms with Crippen LogP contribution in [0.2, 0.25) is 0 Å². The lowest BCUT2D eigenvalue weighted by atomic mass is 9.96. The molecule has 2 heterocycles. The summed E-state index contributed by atoms with van der Waals surface area (Å²) in [5.41, 5.74) is 11.0. The van der Waals surface area contributed by atoms with Crippen LogP contribution in [-0.4, -0.2) is 51.3 Å².